The second-order valence-electron chi connectivity index (χ2n) is 4.55. The average molecular weight is 289 g/mol. The van der Waals surface area contributed by atoms with Gasteiger partial charge in [-0.2, -0.15) is 5.10 Å². The van der Waals surface area contributed by atoms with Crippen molar-refractivity contribution in [1.82, 2.24) is 20.1 Å². The molecule has 1 amide bonds. The molecule has 0 spiro atoms. The number of aliphatic carboxylic acids is 1. The van der Waals surface area contributed by atoms with Crippen LogP contribution >= 0.6 is 0 Å². The molecule has 0 aliphatic heterocycles. The molecule has 0 aliphatic carbocycles. The van der Waals surface area contributed by atoms with Crippen molar-refractivity contribution in [2.45, 2.75) is 12.5 Å². The lowest BCUT2D eigenvalue weighted by atomic mass is 10.1. The maximum absolute atomic E-state index is 11.9. The van der Waals surface area contributed by atoms with Crippen molar-refractivity contribution in [3.63, 3.8) is 0 Å². The van der Waals surface area contributed by atoms with Gasteiger partial charge in [-0.25, -0.2) is 4.79 Å². The van der Waals surface area contributed by atoms with Crippen LogP contribution in [-0.4, -0.2) is 31.7 Å². The fourth-order valence-corrected chi connectivity index (χ4v) is 1.79. The van der Waals surface area contributed by atoms with Gasteiger partial charge < -0.3 is 16.2 Å². The standard InChI is InChI=1S/C13H15N5O3/c1-18-7-8(5-16-18)12(13(20)21)17-11(19)4-10-3-2-9(14)6-15-10/h2-3,5-7,12H,4,14H2,1H3,(H,17,19)(H,20,21). The number of nitrogens with zero attached hydrogens (tertiary/aromatic N) is 3. The number of pyridine rings is 1. The molecule has 0 fully saturated rings. The quantitative estimate of drug-likeness (QED) is 0.705. The number of rotatable bonds is 5. The van der Waals surface area contributed by atoms with Crippen molar-refractivity contribution in [2.75, 3.05) is 5.73 Å². The van der Waals surface area contributed by atoms with Gasteiger partial charge in [0.1, 0.15) is 0 Å². The number of anilines is 1. The monoisotopic (exact) mass is 289 g/mol. The molecule has 0 saturated carbocycles. The molecule has 21 heavy (non-hydrogen) atoms. The summed E-state index contributed by atoms with van der Waals surface area (Å²) in [5.74, 6) is -1.59. The van der Waals surface area contributed by atoms with E-state index in [0.717, 1.165) is 0 Å². The van der Waals surface area contributed by atoms with E-state index in [2.05, 4.69) is 15.4 Å². The van der Waals surface area contributed by atoms with Crippen molar-refractivity contribution >= 4 is 17.6 Å². The number of hydrogen-bond donors (Lipinski definition) is 3. The minimum Gasteiger partial charge on any atom is -0.479 e. The van der Waals surface area contributed by atoms with Gasteiger partial charge in [0.05, 0.1) is 24.5 Å². The van der Waals surface area contributed by atoms with Crippen LogP contribution in [0.4, 0.5) is 5.69 Å². The summed E-state index contributed by atoms with van der Waals surface area (Å²) in [4.78, 5) is 27.2. The predicted octanol–water partition coefficient (Wildman–Crippen LogP) is -0.118. The molecule has 0 aromatic carbocycles. The molecule has 8 heteroatoms. The van der Waals surface area contributed by atoms with Gasteiger partial charge in [0.15, 0.2) is 6.04 Å². The number of carboxylic acids is 1. The Kier molecular flexibility index (Phi) is 4.17. The van der Waals surface area contributed by atoms with Crippen LogP contribution in [0.3, 0.4) is 0 Å². The zero-order chi connectivity index (χ0) is 15.4. The normalized spacial score (nSPS) is 11.9. The van der Waals surface area contributed by atoms with Crippen molar-refractivity contribution < 1.29 is 14.7 Å². The topological polar surface area (TPSA) is 123 Å². The number of aromatic nitrogens is 3. The second-order valence-corrected chi connectivity index (χ2v) is 4.55. The SMILES string of the molecule is Cn1cc(C(NC(=O)Cc2ccc(N)cn2)C(=O)O)cn1. The number of aryl methyl sites for hydroxylation is 1. The maximum Gasteiger partial charge on any atom is 0.331 e. The molecule has 2 aromatic heterocycles. The molecule has 4 N–H and O–H groups in total. The lowest BCUT2D eigenvalue weighted by Gasteiger charge is -2.12. The summed E-state index contributed by atoms with van der Waals surface area (Å²) in [7, 11) is 1.67. The van der Waals surface area contributed by atoms with Gasteiger partial charge in [-0.05, 0) is 12.1 Å². The Hall–Kier alpha value is -2.90. The number of carboxylic acid groups (broad SMARTS) is 1. The fourth-order valence-electron chi connectivity index (χ4n) is 1.79. The van der Waals surface area contributed by atoms with Crippen molar-refractivity contribution in [1.29, 1.82) is 0 Å². The predicted molar refractivity (Wildman–Crippen MR) is 74.1 cm³/mol. The molecule has 2 rings (SSSR count). The highest BCUT2D eigenvalue weighted by Crippen LogP contribution is 2.12. The third-order valence-corrected chi connectivity index (χ3v) is 2.80. The average Bonchev–Trinajstić information content (AvgIpc) is 2.85. The Labute approximate surface area is 120 Å². The highest BCUT2D eigenvalue weighted by molar-refractivity contribution is 5.85. The van der Waals surface area contributed by atoms with E-state index in [9.17, 15) is 14.7 Å². The van der Waals surface area contributed by atoms with E-state index in [1.807, 2.05) is 0 Å². The van der Waals surface area contributed by atoms with Crippen molar-refractivity contribution in [2.24, 2.45) is 7.05 Å². The van der Waals surface area contributed by atoms with Gasteiger partial charge in [0, 0.05) is 24.5 Å². The molecule has 8 nitrogen and oxygen atoms in total. The maximum atomic E-state index is 11.9. The number of carbonyl (C=O) groups is 2. The minimum absolute atomic E-state index is 0.0235. The van der Waals surface area contributed by atoms with E-state index in [1.54, 1.807) is 25.4 Å². The molecular formula is C13H15N5O3. The molecule has 2 aromatic rings. The number of nitrogen functional groups attached to an aromatic ring is 1. The van der Waals surface area contributed by atoms with Gasteiger partial charge in [-0.3, -0.25) is 14.5 Å². The number of nitrogens with one attached hydrogen (secondary N) is 1. The lowest BCUT2D eigenvalue weighted by Crippen LogP contribution is -2.34. The number of nitrogens with two attached hydrogens (primary N) is 1. The lowest BCUT2D eigenvalue weighted by molar-refractivity contribution is -0.142. The third-order valence-electron chi connectivity index (χ3n) is 2.80. The first-order chi connectivity index (χ1) is 9.95. The van der Waals surface area contributed by atoms with Gasteiger partial charge in [-0.1, -0.05) is 0 Å². The van der Waals surface area contributed by atoms with Crippen LogP contribution in [0.15, 0.2) is 30.7 Å². The van der Waals surface area contributed by atoms with Gasteiger partial charge in [0.2, 0.25) is 5.91 Å². The Morgan fingerprint density at radius 3 is 2.71 bits per heavy atom. The number of amides is 1. The van der Waals surface area contributed by atoms with Crippen LogP contribution in [0.5, 0.6) is 0 Å². The van der Waals surface area contributed by atoms with Crippen LogP contribution in [0.25, 0.3) is 0 Å². The highest BCUT2D eigenvalue weighted by Gasteiger charge is 2.23. The summed E-state index contributed by atoms with van der Waals surface area (Å²) in [5, 5.41) is 15.5. The first kappa shape index (κ1) is 14.5. The molecule has 1 atom stereocenters. The van der Waals surface area contributed by atoms with E-state index in [-0.39, 0.29) is 6.42 Å². The summed E-state index contributed by atoms with van der Waals surface area (Å²) in [6.45, 7) is 0. The Bertz CT molecular complexity index is 650. The van der Waals surface area contributed by atoms with Crippen molar-refractivity contribution in [3.05, 3.63) is 42.0 Å². The molecule has 110 valence electrons. The summed E-state index contributed by atoms with van der Waals surface area (Å²) in [6.07, 6.45) is 4.36. The Balaban J connectivity index is 2.05. The highest BCUT2D eigenvalue weighted by atomic mass is 16.4. The molecule has 0 radical (unpaired) electrons. The summed E-state index contributed by atoms with van der Waals surface area (Å²) >= 11 is 0. The summed E-state index contributed by atoms with van der Waals surface area (Å²) in [6, 6.07) is 2.11. The third kappa shape index (κ3) is 3.78. The molecule has 0 aliphatic rings. The van der Waals surface area contributed by atoms with E-state index in [4.69, 9.17) is 5.73 Å². The summed E-state index contributed by atoms with van der Waals surface area (Å²) < 4.78 is 1.47. The zero-order valence-electron chi connectivity index (χ0n) is 11.4. The molecule has 0 bridgehead atoms. The van der Waals surface area contributed by atoms with Crippen LogP contribution in [0, 0.1) is 0 Å². The molecule has 0 saturated heterocycles. The van der Waals surface area contributed by atoms with Crippen LogP contribution in [-0.2, 0) is 23.1 Å². The Morgan fingerprint density at radius 2 is 2.19 bits per heavy atom. The fraction of sp³-hybridized carbons (Fsp3) is 0.231. The molecular weight excluding hydrogens is 274 g/mol. The van der Waals surface area contributed by atoms with Crippen molar-refractivity contribution in [3.8, 4) is 0 Å². The van der Waals surface area contributed by atoms with Crippen LogP contribution < -0.4 is 11.1 Å². The number of hydrogen-bond acceptors (Lipinski definition) is 5. The minimum atomic E-state index is -1.15. The van der Waals surface area contributed by atoms with E-state index in [1.165, 1.54) is 17.1 Å². The summed E-state index contributed by atoms with van der Waals surface area (Å²) in [5.41, 5.74) is 6.92. The van der Waals surface area contributed by atoms with E-state index in [0.29, 0.717) is 16.9 Å². The largest absolute Gasteiger partial charge is 0.479 e. The van der Waals surface area contributed by atoms with Crippen LogP contribution in [0.1, 0.15) is 17.3 Å². The van der Waals surface area contributed by atoms with Gasteiger partial charge in [0.25, 0.3) is 0 Å². The van der Waals surface area contributed by atoms with E-state index < -0.39 is 17.9 Å². The first-order valence-electron chi connectivity index (χ1n) is 6.17. The van der Waals surface area contributed by atoms with Gasteiger partial charge in [-0.15, -0.1) is 0 Å². The molecule has 1 unspecified atom stereocenters. The number of carbonyl (C=O) groups excluding carboxylic acids is 1. The van der Waals surface area contributed by atoms with Gasteiger partial charge >= 0.3 is 5.97 Å². The molecule has 2 heterocycles. The van der Waals surface area contributed by atoms with Crippen LogP contribution in [0.2, 0.25) is 0 Å². The Morgan fingerprint density at radius 1 is 1.43 bits per heavy atom. The second kappa shape index (κ2) is 6.04. The van der Waals surface area contributed by atoms with E-state index >= 15 is 0 Å². The smallest absolute Gasteiger partial charge is 0.331 e. The zero-order valence-corrected chi connectivity index (χ0v) is 11.4. The first-order valence-corrected chi connectivity index (χ1v) is 6.17.